The summed E-state index contributed by atoms with van der Waals surface area (Å²) in [4.78, 5) is 0. The summed E-state index contributed by atoms with van der Waals surface area (Å²) in [6, 6.07) is 5.95. The Balaban J connectivity index is 2.08. The molecule has 0 atom stereocenters. The molecule has 0 aromatic heterocycles. The fraction of sp³-hybridized carbons (Fsp3) is 0.625. The Hall–Kier alpha value is -0.240. The molecule has 0 unspecified atom stereocenters. The molecule has 2 rings (SSSR count). The molecule has 0 heterocycles. The maximum Gasteiger partial charge on any atom is 0.0624 e. The van der Waals surface area contributed by atoms with Crippen molar-refractivity contribution < 1.29 is 0 Å². The van der Waals surface area contributed by atoms with Gasteiger partial charge in [0.15, 0.2) is 0 Å². The predicted molar refractivity (Wildman–Crippen MR) is 84.2 cm³/mol. The summed E-state index contributed by atoms with van der Waals surface area (Å²) in [6.45, 7) is 7.70. The summed E-state index contributed by atoms with van der Waals surface area (Å²) in [5, 5.41) is 5.04. The van der Waals surface area contributed by atoms with Crippen molar-refractivity contribution in [1.82, 2.24) is 5.32 Å². The molecule has 19 heavy (non-hydrogen) atoms. The monoisotopic (exact) mass is 299 g/mol. The zero-order valence-corrected chi connectivity index (χ0v) is 13.5. The summed E-state index contributed by atoms with van der Waals surface area (Å²) in [6.07, 6.45) is 4.90. The molecule has 1 N–H and O–H groups in total. The van der Waals surface area contributed by atoms with Crippen molar-refractivity contribution in [3.63, 3.8) is 0 Å². The van der Waals surface area contributed by atoms with Crippen molar-refractivity contribution >= 4 is 23.2 Å². The minimum Gasteiger partial charge on any atom is -0.312 e. The normalized spacial score (nSPS) is 18.2. The molecule has 0 radical (unpaired) electrons. The van der Waals surface area contributed by atoms with Gasteiger partial charge >= 0.3 is 0 Å². The molecule has 1 aromatic carbocycles. The zero-order valence-electron chi connectivity index (χ0n) is 12.0. The lowest BCUT2D eigenvalue weighted by atomic mass is 9.65. The molecule has 106 valence electrons. The van der Waals surface area contributed by atoms with Gasteiger partial charge in [0.1, 0.15) is 0 Å². The molecule has 0 aliphatic heterocycles. The van der Waals surface area contributed by atoms with E-state index in [1.165, 1.54) is 24.8 Å². The quantitative estimate of drug-likeness (QED) is 0.816. The topological polar surface area (TPSA) is 12.0 Å². The second-order valence-electron chi connectivity index (χ2n) is 6.85. The van der Waals surface area contributed by atoms with Crippen LogP contribution in [0.25, 0.3) is 0 Å². The van der Waals surface area contributed by atoms with E-state index >= 15 is 0 Å². The van der Waals surface area contributed by atoms with E-state index < -0.39 is 0 Å². The van der Waals surface area contributed by atoms with Gasteiger partial charge in [-0.2, -0.15) is 0 Å². The number of hydrogen-bond donors (Lipinski definition) is 1. The van der Waals surface area contributed by atoms with Crippen molar-refractivity contribution in [2.45, 2.75) is 52.0 Å². The molecule has 1 fully saturated rings. The lowest BCUT2D eigenvalue weighted by molar-refractivity contribution is 0.118. The maximum absolute atomic E-state index is 6.32. The first-order chi connectivity index (χ1) is 8.81. The van der Waals surface area contributed by atoms with E-state index in [2.05, 4.69) is 32.2 Å². The largest absolute Gasteiger partial charge is 0.312 e. The molecule has 0 saturated heterocycles. The fourth-order valence-corrected chi connectivity index (χ4v) is 3.02. The molecule has 1 saturated carbocycles. The molecule has 3 heteroatoms. The average Bonchev–Trinajstić information content (AvgIpc) is 2.26. The molecule has 0 bridgehead atoms. The number of benzene rings is 1. The van der Waals surface area contributed by atoms with Crippen LogP contribution in [0.5, 0.6) is 0 Å². The van der Waals surface area contributed by atoms with Crippen LogP contribution in [0.3, 0.4) is 0 Å². The van der Waals surface area contributed by atoms with E-state index in [-0.39, 0.29) is 5.54 Å². The van der Waals surface area contributed by atoms with Gasteiger partial charge in [0.25, 0.3) is 0 Å². The van der Waals surface area contributed by atoms with Crippen molar-refractivity contribution in [2.75, 3.05) is 6.54 Å². The maximum atomic E-state index is 6.32. The summed E-state index contributed by atoms with van der Waals surface area (Å²) in [5.41, 5.74) is 1.71. The van der Waals surface area contributed by atoms with E-state index in [1.807, 2.05) is 12.1 Å². The highest BCUT2D eigenvalue weighted by Crippen LogP contribution is 2.45. The van der Waals surface area contributed by atoms with Crippen LogP contribution in [-0.2, 0) is 6.42 Å². The van der Waals surface area contributed by atoms with Crippen LogP contribution in [0.15, 0.2) is 18.2 Å². The predicted octanol–water partition coefficient (Wildman–Crippen LogP) is 5.09. The first kappa shape index (κ1) is 15.2. The lowest BCUT2D eigenvalue weighted by Crippen LogP contribution is -2.48. The molecule has 1 nitrogen and oxygen atoms in total. The van der Waals surface area contributed by atoms with E-state index in [0.717, 1.165) is 18.0 Å². The Morgan fingerprint density at radius 2 is 1.89 bits per heavy atom. The summed E-state index contributed by atoms with van der Waals surface area (Å²) >= 11 is 12.4. The zero-order chi connectivity index (χ0) is 14.1. The van der Waals surface area contributed by atoms with Gasteiger partial charge in [-0.15, -0.1) is 0 Å². The fourth-order valence-electron chi connectivity index (χ4n) is 2.63. The van der Waals surface area contributed by atoms with Crippen LogP contribution in [0.2, 0.25) is 10.0 Å². The minimum atomic E-state index is 0.167. The Kier molecular flexibility index (Phi) is 4.49. The van der Waals surface area contributed by atoms with Gasteiger partial charge in [-0.3, -0.25) is 0 Å². The lowest BCUT2D eigenvalue weighted by Gasteiger charge is -2.44. The first-order valence-electron chi connectivity index (χ1n) is 6.99. The SMILES string of the molecule is CC(C)(C)NCC1(Cc2cccc(Cl)c2Cl)CCC1. The second kappa shape index (κ2) is 5.63. The second-order valence-corrected chi connectivity index (χ2v) is 7.63. The van der Waals surface area contributed by atoms with E-state index in [1.54, 1.807) is 0 Å². The highest BCUT2D eigenvalue weighted by Gasteiger charge is 2.38. The van der Waals surface area contributed by atoms with Gasteiger partial charge in [0, 0.05) is 12.1 Å². The molecule has 0 spiro atoms. The van der Waals surface area contributed by atoms with Gasteiger partial charge in [-0.25, -0.2) is 0 Å². The summed E-state index contributed by atoms with van der Waals surface area (Å²) in [7, 11) is 0. The third-order valence-electron chi connectivity index (χ3n) is 4.00. The van der Waals surface area contributed by atoms with E-state index in [9.17, 15) is 0 Å². The van der Waals surface area contributed by atoms with Crippen molar-refractivity contribution in [3.05, 3.63) is 33.8 Å². The highest BCUT2D eigenvalue weighted by atomic mass is 35.5. The van der Waals surface area contributed by atoms with Gasteiger partial charge in [-0.05, 0) is 57.1 Å². The number of nitrogens with one attached hydrogen (secondary N) is 1. The Labute approximate surface area is 126 Å². The summed E-state index contributed by atoms with van der Waals surface area (Å²) in [5.74, 6) is 0. The Morgan fingerprint density at radius 1 is 1.21 bits per heavy atom. The first-order valence-corrected chi connectivity index (χ1v) is 7.75. The molecule has 1 aliphatic carbocycles. The molecule has 1 aromatic rings. The molecular weight excluding hydrogens is 277 g/mol. The molecule has 0 amide bonds. The van der Waals surface area contributed by atoms with Gasteiger partial charge in [0.05, 0.1) is 10.0 Å². The third kappa shape index (κ3) is 3.87. The van der Waals surface area contributed by atoms with Crippen LogP contribution in [-0.4, -0.2) is 12.1 Å². The van der Waals surface area contributed by atoms with Gasteiger partial charge < -0.3 is 5.32 Å². The van der Waals surface area contributed by atoms with Crippen molar-refractivity contribution in [2.24, 2.45) is 5.41 Å². The summed E-state index contributed by atoms with van der Waals surface area (Å²) < 4.78 is 0. The minimum absolute atomic E-state index is 0.167. The smallest absolute Gasteiger partial charge is 0.0624 e. The standard InChI is InChI=1S/C16H23Cl2N/c1-15(2,3)19-11-16(8-5-9-16)10-12-6-4-7-13(17)14(12)18/h4,6-7,19H,5,8-11H2,1-3H3. The van der Waals surface area contributed by atoms with Crippen LogP contribution in [0.1, 0.15) is 45.6 Å². The van der Waals surface area contributed by atoms with E-state index in [0.29, 0.717) is 10.4 Å². The van der Waals surface area contributed by atoms with Crippen LogP contribution >= 0.6 is 23.2 Å². The Morgan fingerprint density at radius 3 is 2.42 bits per heavy atom. The number of rotatable bonds is 4. The van der Waals surface area contributed by atoms with Crippen molar-refractivity contribution in [1.29, 1.82) is 0 Å². The van der Waals surface area contributed by atoms with Crippen LogP contribution < -0.4 is 5.32 Å². The molecule has 1 aliphatic rings. The highest BCUT2D eigenvalue weighted by molar-refractivity contribution is 6.42. The third-order valence-corrected chi connectivity index (χ3v) is 4.86. The van der Waals surface area contributed by atoms with E-state index in [4.69, 9.17) is 23.2 Å². The number of hydrogen-bond acceptors (Lipinski definition) is 1. The van der Waals surface area contributed by atoms with Crippen LogP contribution in [0.4, 0.5) is 0 Å². The van der Waals surface area contributed by atoms with Gasteiger partial charge in [-0.1, -0.05) is 41.8 Å². The Bertz CT molecular complexity index is 445. The molecular formula is C16H23Cl2N. The average molecular weight is 300 g/mol. The van der Waals surface area contributed by atoms with Crippen molar-refractivity contribution in [3.8, 4) is 0 Å². The van der Waals surface area contributed by atoms with Gasteiger partial charge in [0.2, 0.25) is 0 Å². The van der Waals surface area contributed by atoms with Crippen LogP contribution in [0, 0.1) is 5.41 Å². The number of halogens is 2.